The van der Waals surface area contributed by atoms with Crippen molar-refractivity contribution in [3.63, 3.8) is 0 Å². The Morgan fingerprint density at radius 2 is 1.78 bits per heavy atom. The zero-order chi connectivity index (χ0) is 12.8. The quantitative estimate of drug-likeness (QED) is 0.730. The summed E-state index contributed by atoms with van der Waals surface area (Å²) < 4.78 is 0. The summed E-state index contributed by atoms with van der Waals surface area (Å²) in [5.41, 5.74) is 0. The maximum Gasteiger partial charge on any atom is 0.0113 e. The van der Waals surface area contributed by atoms with E-state index in [0.29, 0.717) is 0 Å². The molecule has 1 saturated carbocycles. The lowest BCUT2D eigenvalue weighted by Gasteiger charge is -2.40. The van der Waals surface area contributed by atoms with Crippen LogP contribution < -0.4 is 5.32 Å². The van der Waals surface area contributed by atoms with Crippen LogP contribution in [0.5, 0.6) is 0 Å². The fourth-order valence-corrected chi connectivity index (χ4v) is 3.48. The van der Waals surface area contributed by atoms with Gasteiger partial charge < -0.3 is 5.32 Å². The normalized spacial score (nSPS) is 25.7. The van der Waals surface area contributed by atoms with Crippen LogP contribution >= 0.6 is 0 Å². The van der Waals surface area contributed by atoms with Crippen molar-refractivity contribution in [3.05, 3.63) is 0 Å². The van der Waals surface area contributed by atoms with Gasteiger partial charge in [-0.05, 0) is 39.3 Å². The van der Waals surface area contributed by atoms with Crippen molar-refractivity contribution < 1.29 is 0 Å². The Morgan fingerprint density at radius 3 is 2.39 bits per heavy atom. The molecule has 1 heterocycles. The first kappa shape index (κ1) is 14.3. The highest BCUT2D eigenvalue weighted by Gasteiger charge is 2.27. The molecule has 1 unspecified atom stereocenters. The SMILES string of the molecule is CCNCCC(C)N1CCN(C2CCCC2)CC1. The van der Waals surface area contributed by atoms with E-state index in [-0.39, 0.29) is 0 Å². The summed E-state index contributed by atoms with van der Waals surface area (Å²) >= 11 is 0. The fourth-order valence-electron chi connectivity index (χ4n) is 3.48. The van der Waals surface area contributed by atoms with Gasteiger partial charge in [0.1, 0.15) is 0 Å². The van der Waals surface area contributed by atoms with Gasteiger partial charge in [0.15, 0.2) is 0 Å². The Bertz CT molecular complexity index is 218. The van der Waals surface area contributed by atoms with Crippen molar-refractivity contribution in [3.8, 4) is 0 Å². The molecule has 3 nitrogen and oxygen atoms in total. The van der Waals surface area contributed by atoms with Crippen molar-refractivity contribution in [2.75, 3.05) is 39.3 Å². The van der Waals surface area contributed by atoms with Gasteiger partial charge in [-0.25, -0.2) is 0 Å². The summed E-state index contributed by atoms with van der Waals surface area (Å²) in [5, 5.41) is 3.43. The third kappa shape index (κ3) is 3.94. The average Bonchev–Trinajstić information content (AvgIpc) is 2.93. The highest BCUT2D eigenvalue weighted by atomic mass is 15.3. The first-order valence-corrected chi connectivity index (χ1v) is 8.00. The minimum absolute atomic E-state index is 0.745. The molecule has 18 heavy (non-hydrogen) atoms. The fraction of sp³-hybridized carbons (Fsp3) is 1.00. The topological polar surface area (TPSA) is 18.5 Å². The van der Waals surface area contributed by atoms with Crippen molar-refractivity contribution in [1.82, 2.24) is 15.1 Å². The molecule has 1 N–H and O–H groups in total. The summed E-state index contributed by atoms with van der Waals surface area (Å²) in [6.07, 6.45) is 7.12. The van der Waals surface area contributed by atoms with E-state index in [9.17, 15) is 0 Å². The van der Waals surface area contributed by atoms with Gasteiger partial charge in [0.25, 0.3) is 0 Å². The molecule has 106 valence electrons. The molecule has 1 saturated heterocycles. The van der Waals surface area contributed by atoms with Gasteiger partial charge in [-0.3, -0.25) is 9.80 Å². The predicted octanol–water partition coefficient (Wildman–Crippen LogP) is 1.93. The van der Waals surface area contributed by atoms with Gasteiger partial charge >= 0.3 is 0 Å². The smallest absolute Gasteiger partial charge is 0.0113 e. The molecule has 0 spiro atoms. The standard InChI is InChI=1S/C15H31N3/c1-3-16-9-8-14(2)17-10-12-18(13-11-17)15-6-4-5-7-15/h14-16H,3-13H2,1-2H3. The van der Waals surface area contributed by atoms with E-state index < -0.39 is 0 Å². The molecule has 0 radical (unpaired) electrons. The van der Waals surface area contributed by atoms with E-state index in [2.05, 4.69) is 29.0 Å². The number of rotatable bonds is 6. The average molecular weight is 253 g/mol. The third-order valence-electron chi connectivity index (χ3n) is 4.80. The van der Waals surface area contributed by atoms with Gasteiger partial charge in [0.2, 0.25) is 0 Å². The largest absolute Gasteiger partial charge is 0.317 e. The summed E-state index contributed by atoms with van der Waals surface area (Å²) in [7, 11) is 0. The van der Waals surface area contributed by atoms with Crippen LogP contribution in [0.3, 0.4) is 0 Å². The highest BCUT2D eigenvalue weighted by Crippen LogP contribution is 2.24. The van der Waals surface area contributed by atoms with E-state index in [4.69, 9.17) is 0 Å². The molecule has 0 aromatic heterocycles. The lowest BCUT2D eigenvalue weighted by molar-refractivity contribution is 0.0728. The Labute approximate surface area is 113 Å². The molecule has 1 aliphatic heterocycles. The minimum atomic E-state index is 0.745. The first-order valence-electron chi connectivity index (χ1n) is 8.00. The lowest BCUT2D eigenvalue weighted by atomic mass is 10.1. The molecule has 2 rings (SSSR count). The van der Waals surface area contributed by atoms with Gasteiger partial charge in [0.05, 0.1) is 0 Å². The molecule has 0 amide bonds. The van der Waals surface area contributed by atoms with Crippen LogP contribution in [-0.2, 0) is 0 Å². The summed E-state index contributed by atoms with van der Waals surface area (Å²) in [6.45, 7) is 12.0. The van der Waals surface area contributed by atoms with Gasteiger partial charge in [-0.15, -0.1) is 0 Å². The summed E-state index contributed by atoms with van der Waals surface area (Å²) in [4.78, 5) is 5.43. The monoisotopic (exact) mass is 253 g/mol. The Morgan fingerprint density at radius 1 is 1.11 bits per heavy atom. The van der Waals surface area contributed by atoms with Gasteiger partial charge in [-0.2, -0.15) is 0 Å². The lowest BCUT2D eigenvalue weighted by Crippen LogP contribution is -2.52. The number of nitrogens with one attached hydrogen (secondary N) is 1. The Kier molecular flexibility index (Phi) is 5.93. The molecule has 1 atom stereocenters. The Hall–Kier alpha value is -0.120. The molecular formula is C15H31N3. The maximum atomic E-state index is 3.43. The van der Waals surface area contributed by atoms with E-state index in [1.54, 1.807) is 0 Å². The highest BCUT2D eigenvalue weighted by molar-refractivity contribution is 4.83. The van der Waals surface area contributed by atoms with Crippen LogP contribution in [0.2, 0.25) is 0 Å². The maximum absolute atomic E-state index is 3.43. The van der Waals surface area contributed by atoms with Gasteiger partial charge in [0, 0.05) is 38.3 Å². The zero-order valence-corrected chi connectivity index (χ0v) is 12.3. The van der Waals surface area contributed by atoms with Crippen LogP contribution in [0.4, 0.5) is 0 Å². The molecule has 0 aromatic rings. The second kappa shape index (κ2) is 7.46. The number of piperazine rings is 1. The van der Waals surface area contributed by atoms with Crippen LogP contribution in [0.1, 0.15) is 46.0 Å². The number of hydrogen-bond donors (Lipinski definition) is 1. The molecule has 1 aliphatic carbocycles. The van der Waals surface area contributed by atoms with E-state index in [0.717, 1.165) is 18.6 Å². The van der Waals surface area contributed by atoms with E-state index in [1.165, 1.54) is 64.8 Å². The number of hydrogen-bond acceptors (Lipinski definition) is 3. The molecular weight excluding hydrogens is 222 g/mol. The minimum Gasteiger partial charge on any atom is -0.317 e. The summed E-state index contributed by atoms with van der Waals surface area (Å²) in [5.74, 6) is 0. The van der Waals surface area contributed by atoms with Crippen LogP contribution in [0, 0.1) is 0 Å². The van der Waals surface area contributed by atoms with Crippen molar-refractivity contribution >= 4 is 0 Å². The second-order valence-corrected chi connectivity index (χ2v) is 6.00. The van der Waals surface area contributed by atoms with Crippen LogP contribution in [0.15, 0.2) is 0 Å². The van der Waals surface area contributed by atoms with Gasteiger partial charge in [-0.1, -0.05) is 19.8 Å². The van der Waals surface area contributed by atoms with E-state index >= 15 is 0 Å². The van der Waals surface area contributed by atoms with Crippen LogP contribution in [-0.4, -0.2) is 61.2 Å². The molecule has 0 bridgehead atoms. The molecule has 3 heteroatoms. The van der Waals surface area contributed by atoms with E-state index in [1.807, 2.05) is 0 Å². The van der Waals surface area contributed by atoms with Crippen molar-refractivity contribution in [2.45, 2.75) is 58.0 Å². The predicted molar refractivity (Wildman–Crippen MR) is 78.0 cm³/mol. The first-order chi connectivity index (χ1) is 8.81. The Balaban J connectivity index is 1.65. The van der Waals surface area contributed by atoms with Crippen molar-refractivity contribution in [1.29, 1.82) is 0 Å². The third-order valence-corrected chi connectivity index (χ3v) is 4.80. The van der Waals surface area contributed by atoms with Crippen molar-refractivity contribution in [2.24, 2.45) is 0 Å². The summed E-state index contributed by atoms with van der Waals surface area (Å²) in [6, 6.07) is 1.67. The molecule has 2 fully saturated rings. The molecule has 0 aromatic carbocycles. The number of nitrogens with zero attached hydrogens (tertiary/aromatic N) is 2. The second-order valence-electron chi connectivity index (χ2n) is 6.00. The zero-order valence-electron chi connectivity index (χ0n) is 12.3. The van der Waals surface area contributed by atoms with Crippen LogP contribution in [0.25, 0.3) is 0 Å². The molecule has 2 aliphatic rings.